The normalized spacial score (nSPS) is 24.6. The Morgan fingerprint density at radius 2 is 0.814 bits per heavy atom. The Bertz CT molecular complexity index is 1820. The highest BCUT2D eigenvalue weighted by atomic mass is 16.7. The molecule has 0 aromatic rings. The maximum atomic E-state index is 11.2. The fourth-order valence-corrected chi connectivity index (χ4v) is 14.8. The van der Waals surface area contributed by atoms with Crippen LogP contribution in [0.5, 0.6) is 0 Å². The van der Waals surface area contributed by atoms with Crippen molar-refractivity contribution in [3.05, 3.63) is 0 Å². The molecule has 0 aromatic carbocycles. The summed E-state index contributed by atoms with van der Waals surface area (Å²) in [5, 5.41) is 46.5. The first-order valence-corrected chi connectivity index (χ1v) is 33.4. The van der Waals surface area contributed by atoms with Gasteiger partial charge in [0.1, 0.15) is 0 Å². The van der Waals surface area contributed by atoms with Gasteiger partial charge < -0.3 is 44.3 Å². The molecule has 4 N–H and O–H groups in total. The zero-order chi connectivity index (χ0) is 64.3. The van der Waals surface area contributed by atoms with E-state index in [0.717, 1.165) is 77.3 Å². The molecule has 86 heavy (non-hydrogen) atoms. The number of rotatable bonds is 32. The van der Waals surface area contributed by atoms with E-state index in [4.69, 9.17) is 28.6 Å². The van der Waals surface area contributed by atoms with Gasteiger partial charge in [0.2, 0.25) is 0 Å². The quantitative estimate of drug-likeness (QED) is 0.0504. The number of hydrogen-bond donors (Lipinski definition) is 4. The highest BCUT2D eigenvalue weighted by Gasteiger charge is 2.51. The predicted octanol–water partition coefficient (Wildman–Crippen LogP) is 12.5. The van der Waals surface area contributed by atoms with Crippen LogP contribution < -0.4 is 0 Å². The van der Waals surface area contributed by atoms with Crippen LogP contribution >= 0.6 is 0 Å². The number of β-amino-alcohol motifs (C(OH)–C–C–N with tert-alkyl or cyclic N) is 1. The van der Waals surface area contributed by atoms with Crippen molar-refractivity contribution in [3.8, 4) is 0 Å². The summed E-state index contributed by atoms with van der Waals surface area (Å²) in [6.07, 6.45) is 11.9. The summed E-state index contributed by atoms with van der Waals surface area (Å²) in [6.45, 7) is 58.3. The first kappa shape index (κ1) is 83.4. The number of unbranched alkanes of at least 4 members (excludes halogenated alkanes) is 2. The minimum Gasteiger partial charge on any atom is -0.391 e. The molecule has 4 aliphatic heterocycles. The van der Waals surface area contributed by atoms with Crippen LogP contribution in [0.4, 0.5) is 0 Å². The zero-order valence-electron chi connectivity index (χ0n) is 59.5. The molecule has 4 fully saturated rings. The summed E-state index contributed by atoms with van der Waals surface area (Å²) in [4.78, 5) is 23.0. The molecule has 0 radical (unpaired) electrons. The largest absolute Gasteiger partial charge is 0.391 e. The van der Waals surface area contributed by atoms with Crippen LogP contribution in [-0.4, -0.2) is 234 Å². The Morgan fingerprint density at radius 3 is 1.17 bits per heavy atom. The maximum absolute atomic E-state index is 11.2. The molecule has 0 bridgehead atoms. The van der Waals surface area contributed by atoms with Gasteiger partial charge in [-0.05, 0) is 243 Å². The van der Waals surface area contributed by atoms with Gasteiger partial charge in [0.15, 0.2) is 0 Å². The lowest BCUT2D eigenvalue weighted by Gasteiger charge is -2.57. The first-order chi connectivity index (χ1) is 38.3. The number of likely N-dealkylation sites (tertiary alicyclic amines) is 2. The molecule has 4 aliphatic rings. The molecule has 0 spiro atoms. The molecular weight excluding hydrogens is 1080 g/mol. The van der Waals surface area contributed by atoms with E-state index in [2.05, 4.69) is 168 Å². The Hall–Kier alpha value is -0.640. The van der Waals surface area contributed by atoms with Gasteiger partial charge >= 0.3 is 0 Å². The van der Waals surface area contributed by atoms with Crippen molar-refractivity contribution in [2.75, 3.05) is 79.9 Å². The highest BCUT2D eigenvalue weighted by Crippen LogP contribution is 2.44. The van der Waals surface area contributed by atoms with Crippen molar-refractivity contribution in [3.63, 3.8) is 0 Å². The summed E-state index contributed by atoms with van der Waals surface area (Å²) in [6, 6.07) is 1.01. The van der Waals surface area contributed by atoms with Crippen LogP contribution in [0.25, 0.3) is 0 Å². The van der Waals surface area contributed by atoms with Crippen molar-refractivity contribution < 1.29 is 49.0 Å². The van der Waals surface area contributed by atoms with Crippen LogP contribution in [-0.2, 0) is 28.6 Å². The molecule has 4 atom stereocenters. The average molecular weight is 1230 g/mol. The zero-order valence-corrected chi connectivity index (χ0v) is 59.5. The van der Waals surface area contributed by atoms with Crippen molar-refractivity contribution in [1.82, 2.24) is 29.7 Å². The predicted molar refractivity (Wildman–Crippen MR) is 359 cm³/mol. The van der Waals surface area contributed by atoms with Crippen molar-refractivity contribution in [2.45, 2.75) is 375 Å². The standard InChI is InChI=1S/2C34H69N3O5.2CH4/c1-14-16-17-36(26-18-30(3,4)35(13)31(5,6)19-26)22-28(39)23-40-29-20-32(7,8)37(33(9,10)21-29)42-25-34(11,12)41-24-27(38)15-2;1-14-16-17-35(13)26-18-30(3,4)36(31(5,6)19-26)22-28(39)23-40-29-20-32(7,8)37(33(9,10)21-29)42-25-34(11,12)41-24-27(38)15-2;;/h2*26-29,38-39H,14-25H2,1-13H3;2*1H4. The van der Waals surface area contributed by atoms with Gasteiger partial charge in [-0.3, -0.25) is 24.4 Å². The maximum Gasteiger partial charge on any atom is 0.0970 e. The smallest absolute Gasteiger partial charge is 0.0970 e. The molecule has 0 aromatic heterocycles. The summed E-state index contributed by atoms with van der Waals surface area (Å²) in [7, 11) is 4.53. The number of piperidine rings is 4. The monoisotopic (exact) mass is 1230 g/mol. The van der Waals surface area contributed by atoms with Gasteiger partial charge in [-0.2, -0.15) is 10.1 Å². The SMILES string of the molecule is C.C.CCCCN(C)C1CC(C)(C)N(CC(O)COC2CC(C)(C)N(OCC(C)(C)OCC(O)CC)C(C)(C)C2)C(C)(C)C1.CCCCN(CC(O)COC1CC(C)(C)N(OCC(C)(C)OCC(O)CC)C(C)(C)C1)C1CC(C)(C)N(C)C(C)(C)C1. The Morgan fingerprint density at radius 1 is 0.465 bits per heavy atom. The minimum atomic E-state index is -0.546. The molecule has 0 amide bonds. The lowest BCUT2D eigenvalue weighted by molar-refractivity contribution is -0.312. The number of hydroxylamine groups is 4. The Balaban J connectivity index is 0.000000840. The molecule has 4 saturated heterocycles. The van der Waals surface area contributed by atoms with Crippen molar-refractivity contribution in [2.24, 2.45) is 0 Å². The number of aliphatic hydroxyl groups is 4. The number of hydrogen-bond acceptors (Lipinski definition) is 16. The van der Waals surface area contributed by atoms with E-state index >= 15 is 0 Å². The van der Waals surface area contributed by atoms with E-state index in [9.17, 15) is 20.4 Å². The van der Waals surface area contributed by atoms with Crippen LogP contribution in [0, 0.1) is 0 Å². The van der Waals surface area contributed by atoms with Crippen LogP contribution in [0.2, 0.25) is 0 Å². The topological polar surface area (TPSA) is 156 Å². The average Bonchev–Trinajstić information content (AvgIpc) is 1.07. The first-order valence-electron chi connectivity index (χ1n) is 33.4. The number of ether oxygens (including phenoxy) is 4. The van der Waals surface area contributed by atoms with E-state index in [1.165, 1.54) is 12.8 Å². The van der Waals surface area contributed by atoms with Gasteiger partial charge in [0.05, 0.1) is 87.5 Å². The van der Waals surface area contributed by atoms with Crippen molar-refractivity contribution in [1.29, 1.82) is 0 Å². The summed E-state index contributed by atoms with van der Waals surface area (Å²) in [5.74, 6) is 0. The summed E-state index contributed by atoms with van der Waals surface area (Å²) < 4.78 is 24.8. The van der Waals surface area contributed by atoms with E-state index in [-0.39, 0.29) is 71.4 Å². The van der Waals surface area contributed by atoms with E-state index < -0.39 is 35.6 Å². The lowest BCUT2D eigenvalue weighted by atomic mass is 9.76. The van der Waals surface area contributed by atoms with Gasteiger partial charge in [0.25, 0.3) is 0 Å². The molecule has 4 heterocycles. The van der Waals surface area contributed by atoms with Gasteiger partial charge in [0, 0.05) is 69.5 Å². The molecule has 16 nitrogen and oxygen atoms in total. The highest BCUT2D eigenvalue weighted by molar-refractivity contribution is 5.05. The fraction of sp³-hybridized carbons (Fsp3) is 1.00. The number of aliphatic hydroxyl groups excluding tert-OH is 4. The second-order valence-electron chi connectivity index (χ2n) is 32.9. The van der Waals surface area contributed by atoms with E-state index in [1.807, 2.05) is 41.5 Å². The summed E-state index contributed by atoms with van der Waals surface area (Å²) in [5.41, 5.74) is -1.84. The third kappa shape index (κ3) is 25.3. The molecule has 16 heteroatoms. The van der Waals surface area contributed by atoms with Gasteiger partial charge in [-0.1, -0.05) is 55.4 Å². The molecule has 4 unspecified atom stereocenters. The third-order valence-electron chi connectivity index (χ3n) is 19.4. The van der Waals surface area contributed by atoms with E-state index in [0.29, 0.717) is 77.7 Å². The Kier molecular flexibility index (Phi) is 32.9. The van der Waals surface area contributed by atoms with Crippen LogP contribution in [0.15, 0.2) is 0 Å². The third-order valence-corrected chi connectivity index (χ3v) is 19.4. The van der Waals surface area contributed by atoms with Crippen LogP contribution in [0.1, 0.15) is 271 Å². The van der Waals surface area contributed by atoms with Crippen molar-refractivity contribution >= 4 is 0 Å². The molecular formula is C70H146N6O10. The minimum absolute atomic E-state index is 0. The molecule has 0 aliphatic carbocycles. The molecule has 4 rings (SSSR count). The van der Waals surface area contributed by atoms with E-state index in [1.54, 1.807) is 0 Å². The van der Waals surface area contributed by atoms with Crippen LogP contribution in [0.3, 0.4) is 0 Å². The summed E-state index contributed by atoms with van der Waals surface area (Å²) >= 11 is 0. The fourth-order valence-electron chi connectivity index (χ4n) is 14.8. The molecule has 516 valence electrons. The second kappa shape index (κ2) is 34.0. The van der Waals surface area contributed by atoms with Gasteiger partial charge in [-0.15, -0.1) is 0 Å². The number of nitrogens with zero attached hydrogens (tertiary/aromatic N) is 6. The Labute approximate surface area is 531 Å². The lowest BCUT2D eigenvalue weighted by Crippen LogP contribution is -2.65. The molecule has 0 saturated carbocycles. The van der Waals surface area contributed by atoms with Gasteiger partial charge in [-0.25, -0.2) is 0 Å². The second-order valence-corrected chi connectivity index (χ2v) is 32.9.